The van der Waals surface area contributed by atoms with Gasteiger partial charge in [0.25, 0.3) is 0 Å². The van der Waals surface area contributed by atoms with Crippen LogP contribution in [-0.2, 0) is 11.2 Å². The lowest BCUT2D eigenvalue weighted by Crippen LogP contribution is -2.48. The van der Waals surface area contributed by atoms with Gasteiger partial charge in [0.15, 0.2) is 11.6 Å². The van der Waals surface area contributed by atoms with Crippen LogP contribution in [-0.4, -0.2) is 18.8 Å². The van der Waals surface area contributed by atoms with E-state index in [-0.39, 0.29) is 11.6 Å². The summed E-state index contributed by atoms with van der Waals surface area (Å²) in [6.07, 6.45) is 4.24. The largest absolute Gasteiger partial charge is 0.377 e. The van der Waals surface area contributed by atoms with E-state index in [0.29, 0.717) is 12.0 Å². The van der Waals surface area contributed by atoms with E-state index in [1.807, 2.05) is 0 Å². The molecule has 0 bridgehead atoms. The maximum absolute atomic E-state index is 13.6. The summed E-state index contributed by atoms with van der Waals surface area (Å²) in [6, 6.07) is 3.90. The summed E-state index contributed by atoms with van der Waals surface area (Å²) < 4.78 is 32.3. The van der Waals surface area contributed by atoms with Crippen LogP contribution in [0.15, 0.2) is 18.2 Å². The van der Waals surface area contributed by atoms with Gasteiger partial charge in [-0.3, -0.25) is 0 Å². The Kier molecular flexibility index (Phi) is 3.97. The van der Waals surface area contributed by atoms with E-state index in [9.17, 15) is 8.78 Å². The summed E-state index contributed by atoms with van der Waals surface area (Å²) >= 11 is 0. The molecule has 0 saturated heterocycles. The third kappa shape index (κ3) is 2.40. The maximum atomic E-state index is 13.6. The fourth-order valence-electron chi connectivity index (χ4n) is 2.83. The minimum absolute atomic E-state index is 0.303. The quantitative estimate of drug-likeness (QED) is 0.898. The Bertz CT molecular complexity index is 416. The standard InChI is InChI=1S/C14H19F2NO/c1-18-14(7-2-3-8-14)12(17)9-10-5-4-6-11(15)13(10)16/h4-6,12H,2-3,7-9,17H2,1H3. The molecule has 0 aromatic heterocycles. The second-order valence-electron chi connectivity index (χ2n) is 5.00. The fraction of sp³-hybridized carbons (Fsp3) is 0.571. The molecule has 2 nitrogen and oxygen atoms in total. The molecule has 0 aliphatic heterocycles. The van der Waals surface area contributed by atoms with E-state index < -0.39 is 11.6 Å². The highest BCUT2D eigenvalue weighted by atomic mass is 19.2. The number of hydrogen-bond donors (Lipinski definition) is 1. The normalized spacial score (nSPS) is 20.0. The molecule has 1 aromatic rings. The lowest BCUT2D eigenvalue weighted by Gasteiger charge is -2.34. The number of methoxy groups -OCH3 is 1. The molecule has 0 radical (unpaired) electrons. The van der Waals surface area contributed by atoms with Crippen molar-refractivity contribution in [1.82, 2.24) is 0 Å². The molecule has 1 unspecified atom stereocenters. The van der Waals surface area contributed by atoms with Crippen molar-refractivity contribution in [2.24, 2.45) is 5.73 Å². The molecule has 1 fully saturated rings. The molecule has 0 spiro atoms. The van der Waals surface area contributed by atoms with Crippen LogP contribution in [0.1, 0.15) is 31.2 Å². The Morgan fingerprint density at radius 2 is 2.00 bits per heavy atom. The fourth-order valence-corrected chi connectivity index (χ4v) is 2.83. The first-order valence-corrected chi connectivity index (χ1v) is 6.33. The molecule has 1 aromatic carbocycles. The molecule has 0 heterocycles. The van der Waals surface area contributed by atoms with Crippen LogP contribution in [0.2, 0.25) is 0 Å². The van der Waals surface area contributed by atoms with E-state index in [1.54, 1.807) is 13.2 Å². The number of nitrogens with two attached hydrogens (primary N) is 1. The van der Waals surface area contributed by atoms with E-state index in [0.717, 1.165) is 31.7 Å². The first-order chi connectivity index (χ1) is 8.59. The Balaban J connectivity index is 2.15. The maximum Gasteiger partial charge on any atom is 0.162 e. The average molecular weight is 255 g/mol. The summed E-state index contributed by atoms with van der Waals surface area (Å²) in [5, 5.41) is 0. The lowest BCUT2D eigenvalue weighted by atomic mass is 9.88. The monoisotopic (exact) mass is 255 g/mol. The molecule has 18 heavy (non-hydrogen) atoms. The SMILES string of the molecule is COC1(C(N)Cc2cccc(F)c2F)CCCC1. The molecule has 2 N–H and O–H groups in total. The first kappa shape index (κ1) is 13.4. The van der Waals surface area contributed by atoms with Gasteiger partial charge >= 0.3 is 0 Å². The van der Waals surface area contributed by atoms with Gasteiger partial charge in [-0.15, -0.1) is 0 Å². The highest BCUT2D eigenvalue weighted by molar-refractivity contribution is 5.21. The van der Waals surface area contributed by atoms with Gasteiger partial charge in [0.05, 0.1) is 5.60 Å². The van der Waals surface area contributed by atoms with Crippen molar-refractivity contribution in [2.75, 3.05) is 7.11 Å². The Morgan fingerprint density at radius 3 is 2.61 bits per heavy atom. The summed E-state index contributed by atoms with van der Waals surface area (Å²) in [4.78, 5) is 0. The van der Waals surface area contributed by atoms with Crippen molar-refractivity contribution in [1.29, 1.82) is 0 Å². The number of ether oxygens (including phenoxy) is 1. The summed E-state index contributed by atoms with van der Waals surface area (Å²) in [7, 11) is 1.65. The van der Waals surface area contributed by atoms with Crippen LogP contribution < -0.4 is 5.73 Å². The number of halogens is 2. The van der Waals surface area contributed by atoms with Gasteiger partial charge in [-0.1, -0.05) is 25.0 Å². The molecule has 1 aliphatic rings. The van der Waals surface area contributed by atoms with Crippen LogP contribution in [0.5, 0.6) is 0 Å². The van der Waals surface area contributed by atoms with Gasteiger partial charge < -0.3 is 10.5 Å². The molecule has 100 valence electrons. The third-order valence-corrected chi connectivity index (χ3v) is 4.00. The Morgan fingerprint density at radius 1 is 1.33 bits per heavy atom. The number of hydrogen-bond acceptors (Lipinski definition) is 2. The minimum atomic E-state index is -0.822. The smallest absolute Gasteiger partial charge is 0.162 e. The predicted molar refractivity (Wildman–Crippen MR) is 66.2 cm³/mol. The minimum Gasteiger partial charge on any atom is -0.377 e. The van der Waals surface area contributed by atoms with Gasteiger partial charge in [0.1, 0.15) is 0 Å². The first-order valence-electron chi connectivity index (χ1n) is 6.33. The third-order valence-electron chi connectivity index (χ3n) is 4.00. The van der Waals surface area contributed by atoms with Crippen LogP contribution in [0.25, 0.3) is 0 Å². The van der Waals surface area contributed by atoms with Gasteiger partial charge in [-0.05, 0) is 30.9 Å². The van der Waals surface area contributed by atoms with Gasteiger partial charge in [0, 0.05) is 13.2 Å². The number of benzene rings is 1. The van der Waals surface area contributed by atoms with Crippen LogP contribution >= 0.6 is 0 Å². The zero-order chi connectivity index (χ0) is 13.2. The molecule has 1 saturated carbocycles. The van der Waals surface area contributed by atoms with Crippen molar-refractivity contribution >= 4 is 0 Å². The lowest BCUT2D eigenvalue weighted by molar-refractivity contribution is -0.0255. The van der Waals surface area contributed by atoms with Crippen LogP contribution in [0, 0.1) is 11.6 Å². The second kappa shape index (κ2) is 5.33. The molecule has 0 amide bonds. The molecule has 2 rings (SSSR count). The van der Waals surface area contributed by atoms with E-state index in [1.165, 1.54) is 6.07 Å². The topological polar surface area (TPSA) is 35.2 Å². The van der Waals surface area contributed by atoms with E-state index in [2.05, 4.69) is 0 Å². The van der Waals surface area contributed by atoms with Gasteiger partial charge in [0.2, 0.25) is 0 Å². The van der Waals surface area contributed by atoms with Crippen molar-refractivity contribution < 1.29 is 13.5 Å². The summed E-state index contributed by atoms with van der Waals surface area (Å²) in [5.41, 5.74) is 6.11. The van der Waals surface area contributed by atoms with E-state index in [4.69, 9.17) is 10.5 Å². The van der Waals surface area contributed by atoms with Gasteiger partial charge in [-0.25, -0.2) is 8.78 Å². The Hall–Kier alpha value is -1.00. The number of rotatable bonds is 4. The molecular weight excluding hydrogens is 236 g/mol. The summed E-state index contributed by atoms with van der Waals surface area (Å²) in [6.45, 7) is 0. The molecule has 4 heteroatoms. The van der Waals surface area contributed by atoms with Crippen LogP contribution in [0.4, 0.5) is 8.78 Å². The molecular formula is C14H19F2NO. The van der Waals surface area contributed by atoms with Crippen molar-refractivity contribution in [2.45, 2.75) is 43.7 Å². The highest BCUT2D eigenvalue weighted by Crippen LogP contribution is 2.36. The molecule has 1 atom stereocenters. The van der Waals surface area contributed by atoms with Crippen LogP contribution in [0.3, 0.4) is 0 Å². The molecule has 1 aliphatic carbocycles. The van der Waals surface area contributed by atoms with Crippen molar-refractivity contribution in [3.8, 4) is 0 Å². The predicted octanol–water partition coefficient (Wildman–Crippen LogP) is 2.79. The van der Waals surface area contributed by atoms with Crippen molar-refractivity contribution in [3.63, 3.8) is 0 Å². The zero-order valence-electron chi connectivity index (χ0n) is 10.6. The van der Waals surface area contributed by atoms with E-state index >= 15 is 0 Å². The summed E-state index contributed by atoms with van der Waals surface area (Å²) in [5.74, 6) is -1.62. The zero-order valence-corrected chi connectivity index (χ0v) is 10.6. The van der Waals surface area contributed by atoms with Gasteiger partial charge in [-0.2, -0.15) is 0 Å². The average Bonchev–Trinajstić information content (AvgIpc) is 2.85. The highest BCUT2D eigenvalue weighted by Gasteiger charge is 2.39. The van der Waals surface area contributed by atoms with Crippen molar-refractivity contribution in [3.05, 3.63) is 35.4 Å². The second-order valence-corrected chi connectivity index (χ2v) is 5.00. The Labute approximate surface area is 106 Å².